The highest BCUT2D eigenvalue weighted by molar-refractivity contribution is 7.99. The number of rotatable bonds is 6. The Hall–Kier alpha value is -2.91. The van der Waals surface area contributed by atoms with Crippen molar-refractivity contribution < 1.29 is 4.42 Å². The number of aromatic amines is 1. The Bertz CT molecular complexity index is 1270. The first-order chi connectivity index (χ1) is 15.1. The molecule has 31 heavy (non-hydrogen) atoms. The molecule has 0 fully saturated rings. The van der Waals surface area contributed by atoms with Crippen LogP contribution >= 0.6 is 11.8 Å². The lowest BCUT2D eigenvalue weighted by molar-refractivity contribution is 0.241. The van der Waals surface area contributed by atoms with E-state index in [0.717, 1.165) is 64.1 Å². The van der Waals surface area contributed by atoms with E-state index in [1.807, 2.05) is 31.5 Å². The Morgan fingerprint density at radius 2 is 2.13 bits per heavy atom. The van der Waals surface area contributed by atoms with Crippen LogP contribution in [0.25, 0.3) is 16.9 Å². The van der Waals surface area contributed by atoms with Gasteiger partial charge < -0.3 is 4.42 Å². The largest absolute Gasteiger partial charge is 0.469 e. The van der Waals surface area contributed by atoms with Gasteiger partial charge in [0.2, 0.25) is 0 Å². The molecule has 5 heterocycles. The summed E-state index contributed by atoms with van der Waals surface area (Å²) < 4.78 is 6.93. The van der Waals surface area contributed by atoms with E-state index in [-0.39, 0.29) is 5.56 Å². The van der Waals surface area contributed by atoms with Gasteiger partial charge in [0, 0.05) is 61.4 Å². The lowest BCUT2D eigenvalue weighted by Crippen LogP contribution is -2.36. The maximum absolute atomic E-state index is 13.2. The van der Waals surface area contributed by atoms with Crippen LogP contribution in [0.15, 0.2) is 45.2 Å². The summed E-state index contributed by atoms with van der Waals surface area (Å²) in [5, 5.41) is 4.00. The van der Waals surface area contributed by atoms with Gasteiger partial charge in [-0.25, -0.2) is 19.5 Å². The van der Waals surface area contributed by atoms with Crippen LogP contribution < -0.4 is 5.56 Å². The fourth-order valence-electron chi connectivity index (χ4n) is 3.93. The average Bonchev–Trinajstić information content (AvgIpc) is 3.40. The summed E-state index contributed by atoms with van der Waals surface area (Å²) in [5.74, 6) is 1.82. The summed E-state index contributed by atoms with van der Waals surface area (Å²) >= 11 is 1.67. The highest BCUT2D eigenvalue weighted by Crippen LogP contribution is 2.24. The van der Waals surface area contributed by atoms with Crippen molar-refractivity contribution in [3.63, 3.8) is 0 Å². The molecule has 1 aliphatic heterocycles. The molecule has 0 saturated heterocycles. The smallest absolute Gasteiger partial charge is 0.277 e. The monoisotopic (exact) mass is 436 g/mol. The first kappa shape index (κ1) is 20.0. The summed E-state index contributed by atoms with van der Waals surface area (Å²) in [5.41, 5.74) is 5.05. The molecule has 160 valence electrons. The van der Waals surface area contributed by atoms with E-state index in [9.17, 15) is 4.79 Å². The number of nitrogens with one attached hydrogen (secondary N) is 1. The van der Waals surface area contributed by atoms with Crippen molar-refractivity contribution in [2.45, 2.75) is 44.9 Å². The van der Waals surface area contributed by atoms with E-state index in [1.54, 1.807) is 18.0 Å². The molecule has 0 bridgehead atoms. The predicted octanol–water partition coefficient (Wildman–Crippen LogP) is 3.44. The van der Waals surface area contributed by atoms with E-state index < -0.39 is 0 Å². The third-order valence-corrected chi connectivity index (χ3v) is 6.59. The van der Waals surface area contributed by atoms with Crippen LogP contribution in [0, 0.1) is 6.92 Å². The highest BCUT2D eigenvalue weighted by Gasteiger charge is 2.23. The summed E-state index contributed by atoms with van der Waals surface area (Å²) in [6.07, 6.45) is 7.27. The van der Waals surface area contributed by atoms with Gasteiger partial charge in [-0.1, -0.05) is 18.7 Å². The zero-order chi connectivity index (χ0) is 21.4. The molecular formula is C22H24N6O2S. The van der Waals surface area contributed by atoms with Gasteiger partial charge in [-0.3, -0.25) is 14.8 Å². The van der Waals surface area contributed by atoms with Crippen molar-refractivity contribution >= 4 is 17.4 Å². The van der Waals surface area contributed by atoms with Gasteiger partial charge in [0.15, 0.2) is 10.8 Å². The fourth-order valence-corrected chi connectivity index (χ4v) is 4.57. The van der Waals surface area contributed by atoms with Gasteiger partial charge in [0.25, 0.3) is 5.56 Å². The molecule has 0 radical (unpaired) electrons. The predicted molar refractivity (Wildman–Crippen MR) is 119 cm³/mol. The molecule has 1 N–H and O–H groups in total. The molecule has 0 atom stereocenters. The van der Waals surface area contributed by atoms with Crippen LogP contribution in [0.2, 0.25) is 0 Å². The number of hydrogen-bond donors (Lipinski definition) is 1. The molecule has 0 unspecified atom stereocenters. The molecule has 5 rings (SSSR count). The first-order valence-corrected chi connectivity index (χ1v) is 11.4. The molecule has 0 amide bonds. The molecule has 0 saturated carbocycles. The number of aromatic nitrogens is 5. The minimum atomic E-state index is -0.0420. The molecule has 1 aliphatic rings. The minimum Gasteiger partial charge on any atom is -0.469 e. The zero-order valence-electron chi connectivity index (χ0n) is 17.6. The maximum atomic E-state index is 13.2. The molecular weight excluding hydrogens is 412 g/mol. The van der Waals surface area contributed by atoms with Gasteiger partial charge >= 0.3 is 0 Å². The van der Waals surface area contributed by atoms with Crippen LogP contribution in [0.5, 0.6) is 0 Å². The summed E-state index contributed by atoms with van der Waals surface area (Å²) in [4.78, 5) is 29.1. The molecule has 8 nitrogen and oxygen atoms in total. The van der Waals surface area contributed by atoms with Crippen molar-refractivity contribution in [1.82, 2.24) is 29.5 Å². The van der Waals surface area contributed by atoms with Crippen LogP contribution in [0.1, 0.15) is 35.9 Å². The topological polar surface area (TPSA) is 92.3 Å². The van der Waals surface area contributed by atoms with Crippen molar-refractivity contribution in [1.29, 1.82) is 0 Å². The molecule has 4 aromatic heterocycles. The van der Waals surface area contributed by atoms with Crippen molar-refractivity contribution in [2.75, 3.05) is 12.3 Å². The summed E-state index contributed by atoms with van der Waals surface area (Å²) in [6, 6.07) is 3.79. The summed E-state index contributed by atoms with van der Waals surface area (Å²) in [6.45, 7) is 6.17. The molecule has 4 aromatic rings. The SMILES string of the molecule is CCCSc1ncc(CN2CCc3nc4cc(-c5ccoc5C)[nH]n4c(=O)c3C2)cn1. The Balaban J connectivity index is 1.38. The van der Waals surface area contributed by atoms with E-state index in [4.69, 9.17) is 9.40 Å². The summed E-state index contributed by atoms with van der Waals surface area (Å²) in [7, 11) is 0. The molecule has 0 aliphatic carbocycles. The first-order valence-electron chi connectivity index (χ1n) is 10.5. The number of aryl methyl sites for hydroxylation is 1. The second kappa shape index (κ2) is 8.32. The van der Waals surface area contributed by atoms with E-state index in [0.29, 0.717) is 18.7 Å². The van der Waals surface area contributed by atoms with E-state index in [2.05, 4.69) is 26.9 Å². The molecule has 0 aromatic carbocycles. The lowest BCUT2D eigenvalue weighted by atomic mass is 10.1. The van der Waals surface area contributed by atoms with Crippen LogP contribution in [0.4, 0.5) is 0 Å². The number of H-pyrrole nitrogens is 1. The Morgan fingerprint density at radius 1 is 1.29 bits per heavy atom. The van der Waals surface area contributed by atoms with Crippen molar-refractivity contribution in [3.8, 4) is 11.3 Å². The van der Waals surface area contributed by atoms with Crippen molar-refractivity contribution in [2.24, 2.45) is 0 Å². The zero-order valence-corrected chi connectivity index (χ0v) is 18.4. The van der Waals surface area contributed by atoms with Gasteiger partial charge in [0.1, 0.15) is 5.76 Å². The van der Waals surface area contributed by atoms with Gasteiger partial charge in [-0.05, 0) is 19.4 Å². The Morgan fingerprint density at radius 3 is 2.87 bits per heavy atom. The Kier molecular flexibility index (Phi) is 5.37. The second-order valence-electron chi connectivity index (χ2n) is 7.78. The third kappa shape index (κ3) is 3.90. The van der Waals surface area contributed by atoms with Crippen LogP contribution in [-0.4, -0.2) is 41.8 Å². The van der Waals surface area contributed by atoms with Gasteiger partial charge in [-0.15, -0.1) is 0 Å². The fraction of sp³-hybridized carbons (Fsp3) is 0.364. The Labute approximate surface area is 183 Å². The number of fused-ring (bicyclic) bond motifs is 2. The average molecular weight is 437 g/mol. The number of thioether (sulfide) groups is 1. The van der Waals surface area contributed by atoms with Gasteiger partial charge in [0.05, 0.1) is 23.2 Å². The minimum absolute atomic E-state index is 0.0420. The molecule has 9 heteroatoms. The second-order valence-corrected chi connectivity index (χ2v) is 8.84. The number of hydrogen-bond acceptors (Lipinski definition) is 7. The van der Waals surface area contributed by atoms with E-state index >= 15 is 0 Å². The van der Waals surface area contributed by atoms with Crippen LogP contribution in [-0.2, 0) is 19.5 Å². The standard InChI is InChI=1S/C22H24N6O2S/c1-3-8-31-22-23-10-15(11-24-22)12-27-6-4-18-17(13-27)21(29)28-20(25-18)9-19(26-28)16-5-7-30-14(16)2/h5,7,9-11,26H,3-4,6,8,12-13H2,1-2H3. The maximum Gasteiger partial charge on any atom is 0.277 e. The molecule has 0 spiro atoms. The lowest BCUT2D eigenvalue weighted by Gasteiger charge is -2.27. The van der Waals surface area contributed by atoms with Crippen molar-refractivity contribution in [3.05, 3.63) is 63.7 Å². The number of nitrogens with zero attached hydrogens (tertiary/aromatic N) is 5. The third-order valence-electron chi connectivity index (χ3n) is 5.51. The van der Waals surface area contributed by atoms with Crippen LogP contribution in [0.3, 0.4) is 0 Å². The number of furan rings is 1. The van der Waals surface area contributed by atoms with Gasteiger partial charge in [-0.2, -0.15) is 0 Å². The highest BCUT2D eigenvalue weighted by atomic mass is 32.2. The van der Waals surface area contributed by atoms with E-state index in [1.165, 1.54) is 4.52 Å². The quantitative estimate of drug-likeness (QED) is 0.366. The normalized spacial score (nSPS) is 14.3.